The molecule has 84 valence electrons. The predicted molar refractivity (Wildman–Crippen MR) is 59.1 cm³/mol. The number of nitriles is 1. The Morgan fingerprint density at radius 3 is 2.88 bits per heavy atom. The monoisotopic (exact) mass is 218 g/mol. The fourth-order valence-electron chi connectivity index (χ4n) is 2.29. The van der Waals surface area contributed by atoms with E-state index in [1.165, 1.54) is 0 Å². The number of nitrogens with one attached hydrogen (secondary N) is 1. The summed E-state index contributed by atoms with van der Waals surface area (Å²) in [4.78, 5) is 14.5. The van der Waals surface area contributed by atoms with Crippen molar-refractivity contribution in [1.29, 1.82) is 5.26 Å². The van der Waals surface area contributed by atoms with Crippen molar-refractivity contribution in [3.05, 3.63) is 32.7 Å². The standard InChI is InChI=1S/C12H14N2O2/c1-16-7-10-8-4-2-3-5-11(8)14-12(15)9(10)6-13/h2-5,7H2,1H3,(H,14,15). The van der Waals surface area contributed by atoms with E-state index in [1.54, 1.807) is 7.11 Å². The number of hydrogen-bond donors (Lipinski definition) is 1. The minimum atomic E-state index is -0.282. The molecule has 0 bridgehead atoms. The van der Waals surface area contributed by atoms with Crippen LogP contribution in [0.1, 0.15) is 35.2 Å². The van der Waals surface area contributed by atoms with Crippen LogP contribution in [0, 0.1) is 11.3 Å². The van der Waals surface area contributed by atoms with Crippen LogP contribution in [0.25, 0.3) is 0 Å². The summed E-state index contributed by atoms with van der Waals surface area (Å²) in [5.74, 6) is 0. The molecule has 4 nitrogen and oxygen atoms in total. The number of H-pyrrole nitrogens is 1. The minimum Gasteiger partial charge on any atom is -0.380 e. The molecule has 0 saturated heterocycles. The van der Waals surface area contributed by atoms with Gasteiger partial charge in [0, 0.05) is 18.4 Å². The van der Waals surface area contributed by atoms with Crippen LogP contribution >= 0.6 is 0 Å². The summed E-state index contributed by atoms with van der Waals surface area (Å²) >= 11 is 0. The van der Waals surface area contributed by atoms with Crippen LogP contribution in [0.15, 0.2) is 4.79 Å². The molecule has 0 unspecified atom stereocenters. The Hall–Kier alpha value is -1.60. The smallest absolute Gasteiger partial charge is 0.266 e. The van der Waals surface area contributed by atoms with E-state index in [0.717, 1.165) is 42.5 Å². The van der Waals surface area contributed by atoms with E-state index in [-0.39, 0.29) is 11.1 Å². The first-order valence-corrected chi connectivity index (χ1v) is 5.44. The normalized spacial score (nSPS) is 14.2. The van der Waals surface area contributed by atoms with Crippen molar-refractivity contribution >= 4 is 0 Å². The van der Waals surface area contributed by atoms with Gasteiger partial charge in [-0.15, -0.1) is 0 Å². The lowest BCUT2D eigenvalue weighted by Crippen LogP contribution is -2.22. The molecule has 0 spiro atoms. The molecule has 0 aliphatic heterocycles. The highest BCUT2D eigenvalue weighted by Crippen LogP contribution is 2.23. The molecular formula is C12H14N2O2. The van der Waals surface area contributed by atoms with Crippen LogP contribution in [-0.2, 0) is 24.2 Å². The average Bonchev–Trinajstić information content (AvgIpc) is 2.29. The topological polar surface area (TPSA) is 65.9 Å². The maximum Gasteiger partial charge on any atom is 0.266 e. The molecule has 1 aliphatic carbocycles. The second-order valence-corrected chi connectivity index (χ2v) is 4.02. The Morgan fingerprint density at radius 1 is 1.44 bits per heavy atom. The zero-order chi connectivity index (χ0) is 11.5. The summed E-state index contributed by atoms with van der Waals surface area (Å²) < 4.78 is 5.09. The van der Waals surface area contributed by atoms with Gasteiger partial charge < -0.3 is 9.72 Å². The average molecular weight is 218 g/mol. The number of fused-ring (bicyclic) bond motifs is 1. The summed E-state index contributed by atoms with van der Waals surface area (Å²) in [5.41, 5.74) is 2.81. The number of aromatic amines is 1. The third kappa shape index (κ3) is 1.74. The Morgan fingerprint density at radius 2 is 2.19 bits per heavy atom. The molecule has 2 rings (SSSR count). The largest absolute Gasteiger partial charge is 0.380 e. The van der Waals surface area contributed by atoms with Gasteiger partial charge in [-0.3, -0.25) is 4.79 Å². The Labute approximate surface area is 93.9 Å². The van der Waals surface area contributed by atoms with Crippen molar-refractivity contribution in [2.75, 3.05) is 7.11 Å². The fraction of sp³-hybridized carbons (Fsp3) is 0.500. The summed E-state index contributed by atoms with van der Waals surface area (Å²) in [6.45, 7) is 0.342. The van der Waals surface area contributed by atoms with E-state index in [2.05, 4.69) is 4.98 Å². The van der Waals surface area contributed by atoms with Crippen LogP contribution in [0.5, 0.6) is 0 Å². The summed E-state index contributed by atoms with van der Waals surface area (Å²) in [6, 6.07) is 1.98. The van der Waals surface area contributed by atoms with Crippen LogP contribution in [0.3, 0.4) is 0 Å². The van der Waals surface area contributed by atoms with E-state index in [0.29, 0.717) is 6.61 Å². The summed E-state index contributed by atoms with van der Waals surface area (Å²) in [5, 5.41) is 9.00. The second kappa shape index (κ2) is 4.50. The number of methoxy groups -OCH3 is 1. The highest BCUT2D eigenvalue weighted by Gasteiger charge is 2.19. The number of aromatic nitrogens is 1. The first-order chi connectivity index (χ1) is 7.77. The van der Waals surface area contributed by atoms with Crippen molar-refractivity contribution in [3.63, 3.8) is 0 Å². The highest BCUT2D eigenvalue weighted by atomic mass is 16.5. The Kier molecular flexibility index (Phi) is 3.07. The molecule has 16 heavy (non-hydrogen) atoms. The molecule has 0 fully saturated rings. The van der Waals surface area contributed by atoms with Gasteiger partial charge in [0.2, 0.25) is 0 Å². The molecule has 0 atom stereocenters. The van der Waals surface area contributed by atoms with Gasteiger partial charge in [0.1, 0.15) is 11.6 Å². The predicted octanol–water partition coefficient (Wildman–Crippen LogP) is 1.27. The zero-order valence-corrected chi connectivity index (χ0v) is 9.30. The summed E-state index contributed by atoms with van der Waals surface area (Å²) in [7, 11) is 1.58. The maximum absolute atomic E-state index is 11.7. The van der Waals surface area contributed by atoms with Gasteiger partial charge in [-0.2, -0.15) is 5.26 Å². The molecule has 1 aliphatic rings. The van der Waals surface area contributed by atoms with E-state index in [9.17, 15) is 4.79 Å². The van der Waals surface area contributed by atoms with Gasteiger partial charge >= 0.3 is 0 Å². The van der Waals surface area contributed by atoms with E-state index in [4.69, 9.17) is 10.00 Å². The molecule has 0 saturated carbocycles. The lowest BCUT2D eigenvalue weighted by molar-refractivity contribution is 0.183. The maximum atomic E-state index is 11.7. The van der Waals surface area contributed by atoms with E-state index < -0.39 is 0 Å². The molecule has 1 N–H and O–H groups in total. The number of nitrogens with zero attached hydrogens (tertiary/aromatic N) is 1. The van der Waals surface area contributed by atoms with Crippen molar-refractivity contribution in [2.45, 2.75) is 32.3 Å². The van der Waals surface area contributed by atoms with Crippen molar-refractivity contribution in [1.82, 2.24) is 4.98 Å². The molecular weight excluding hydrogens is 204 g/mol. The fourth-order valence-corrected chi connectivity index (χ4v) is 2.29. The molecule has 0 amide bonds. The zero-order valence-electron chi connectivity index (χ0n) is 9.30. The van der Waals surface area contributed by atoms with Crippen molar-refractivity contribution in [3.8, 4) is 6.07 Å². The number of aryl methyl sites for hydroxylation is 1. The third-order valence-electron chi connectivity index (χ3n) is 3.03. The molecule has 1 aromatic rings. The number of ether oxygens (including phenoxy) is 1. The highest BCUT2D eigenvalue weighted by molar-refractivity contribution is 5.43. The molecule has 0 aromatic carbocycles. The minimum absolute atomic E-state index is 0.211. The van der Waals surface area contributed by atoms with Gasteiger partial charge in [-0.25, -0.2) is 0 Å². The van der Waals surface area contributed by atoms with Gasteiger partial charge in [-0.1, -0.05) is 0 Å². The lowest BCUT2D eigenvalue weighted by atomic mass is 9.90. The van der Waals surface area contributed by atoms with Gasteiger partial charge in [0.15, 0.2) is 0 Å². The number of rotatable bonds is 2. The van der Waals surface area contributed by atoms with Crippen LogP contribution in [-0.4, -0.2) is 12.1 Å². The Balaban J connectivity index is 2.65. The van der Waals surface area contributed by atoms with Crippen LogP contribution < -0.4 is 5.56 Å². The molecule has 1 aromatic heterocycles. The molecule has 4 heteroatoms. The number of pyridine rings is 1. The van der Waals surface area contributed by atoms with Gasteiger partial charge in [0.05, 0.1) is 6.61 Å². The van der Waals surface area contributed by atoms with Crippen molar-refractivity contribution in [2.24, 2.45) is 0 Å². The van der Waals surface area contributed by atoms with Crippen molar-refractivity contribution < 1.29 is 4.74 Å². The van der Waals surface area contributed by atoms with Gasteiger partial charge in [-0.05, 0) is 31.2 Å². The quantitative estimate of drug-likeness (QED) is 0.813. The third-order valence-corrected chi connectivity index (χ3v) is 3.03. The van der Waals surface area contributed by atoms with Crippen LogP contribution in [0.2, 0.25) is 0 Å². The Bertz CT molecular complexity index is 497. The number of hydrogen-bond acceptors (Lipinski definition) is 3. The lowest BCUT2D eigenvalue weighted by Gasteiger charge is -2.19. The first-order valence-electron chi connectivity index (χ1n) is 5.44. The second-order valence-electron chi connectivity index (χ2n) is 4.02. The first kappa shape index (κ1) is 10.9. The van der Waals surface area contributed by atoms with Crippen LogP contribution in [0.4, 0.5) is 0 Å². The summed E-state index contributed by atoms with van der Waals surface area (Å²) in [6.07, 6.45) is 4.04. The van der Waals surface area contributed by atoms with Gasteiger partial charge in [0.25, 0.3) is 5.56 Å². The molecule has 1 heterocycles. The van der Waals surface area contributed by atoms with E-state index in [1.807, 2.05) is 6.07 Å². The van der Waals surface area contributed by atoms with E-state index >= 15 is 0 Å². The molecule has 0 radical (unpaired) electrons. The SMILES string of the molecule is COCc1c2c([nH]c(=O)c1C#N)CCCC2.